The van der Waals surface area contributed by atoms with Crippen molar-refractivity contribution in [3.05, 3.63) is 12.0 Å². The summed E-state index contributed by atoms with van der Waals surface area (Å²) in [5, 5.41) is 0.951. The van der Waals surface area contributed by atoms with Crippen LogP contribution in [-0.4, -0.2) is 25.8 Å². The van der Waals surface area contributed by atoms with E-state index in [9.17, 15) is 8.42 Å². The van der Waals surface area contributed by atoms with E-state index in [1.54, 1.807) is 13.8 Å². The number of sulfonamides is 1. The molecule has 0 aliphatic carbocycles. The van der Waals surface area contributed by atoms with Crippen LogP contribution in [0.15, 0.2) is 12.0 Å². The summed E-state index contributed by atoms with van der Waals surface area (Å²) in [7, 11) is -1.67. The van der Waals surface area contributed by atoms with Crippen LogP contribution in [0.3, 0.4) is 0 Å². The van der Waals surface area contributed by atoms with Crippen LogP contribution >= 0.6 is 0 Å². The van der Waals surface area contributed by atoms with E-state index in [0.29, 0.717) is 0 Å². The van der Waals surface area contributed by atoms with Gasteiger partial charge in [0.25, 0.3) is 0 Å². The molecule has 0 radical (unpaired) electrons. The summed E-state index contributed by atoms with van der Waals surface area (Å²) in [6.07, 6.45) is 0. The molecule has 0 aromatic carbocycles. The van der Waals surface area contributed by atoms with Gasteiger partial charge in [0.1, 0.15) is 0 Å². The molecule has 0 bridgehead atoms. The van der Waals surface area contributed by atoms with Crippen LogP contribution in [0.1, 0.15) is 13.8 Å². The van der Waals surface area contributed by atoms with Gasteiger partial charge in [0, 0.05) is 18.5 Å². The van der Waals surface area contributed by atoms with Gasteiger partial charge in [0.2, 0.25) is 10.0 Å². The fourth-order valence-electron chi connectivity index (χ4n) is 0.411. The Bertz CT molecular complexity index is 206. The first-order valence-corrected chi connectivity index (χ1v) is 4.52. The van der Waals surface area contributed by atoms with Crippen molar-refractivity contribution in [3.8, 4) is 0 Å². The van der Waals surface area contributed by atoms with Crippen LogP contribution in [0.4, 0.5) is 0 Å². The molecular weight excluding hydrogens is 150 g/mol. The van der Waals surface area contributed by atoms with E-state index in [4.69, 9.17) is 0 Å². The minimum Gasteiger partial charge on any atom is -0.208 e. The lowest BCUT2D eigenvalue weighted by Crippen LogP contribution is -2.31. The minimum atomic E-state index is -3.20. The maximum absolute atomic E-state index is 10.9. The Kier molecular flexibility index (Phi) is 3.05. The highest BCUT2D eigenvalue weighted by molar-refractivity contribution is 7.92. The monoisotopic (exact) mass is 163 g/mol. The summed E-state index contributed by atoms with van der Waals surface area (Å²) in [4.78, 5) is 0. The van der Waals surface area contributed by atoms with Crippen LogP contribution in [0.25, 0.3) is 0 Å². The van der Waals surface area contributed by atoms with Crippen molar-refractivity contribution in [2.45, 2.75) is 19.9 Å². The highest BCUT2D eigenvalue weighted by atomic mass is 32.2. The zero-order chi connectivity index (χ0) is 8.36. The van der Waals surface area contributed by atoms with Crippen molar-refractivity contribution >= 4 is 10.0 Å². The number of nitrogens with zero attached hydrogens (tertiary/aromatic N) is 1. The van der Waals surface area contributed by atoms with Crippen LogP contribution in [0, 0.1) is 0 Å². The summed E-state index contributed by atoms with van der Waals surface area (Å²) >= 11 is 0. The number of hydrogen-bond acceptors (Lipinski definition) is 2. The molecule has 0 atom stereocenters. The van der Waals surface area contributed by atoms with Gasteiger partial charge in [-0.1, -0.05) is 6.58 Å². The number of rotatable bonds is 3. The Balaban J connectivity index is 4.50. The Morgan fingerprint density at radius 2 is 1.90 bits per heavy atom. The zero-order valence-corrected chi connectivity index (χ0v) is 7.35. The van der Waals surface area contributed by atoms with E-state index >= 15 is 0 Å². The molecule has 0 aliphatic rings. The predicted molar refractivity (Wildman–Crippen MR) is 42.0 cm³/mol. The fraction of sp³-hybridized carbons (Fsp3) is 0.667. The maximum atomic E-state index is 10.9. The third-order valence-electron chi connectivity index (χ3n) is 1.34. The molecule has 0 saturated carbocycles. The van der Waals surface area contributed by atoms with Gasteiger partial charge in [-0.2, -0.15) is 4.31 Å². The van der Waals surface area contributed by atoms with Crippen molar-refractivity contribution in [3.63, 3.8) is 0 Å². The topological polar surface area (TPSA) is 37.4 Å². The molecule has 0 amide bonds. The lowest BCUT2D eigenvalue weighted by molar-refractivity contribution is 0.417. The number of hydrogen-bond donors (Lipinski definition) is 0. The van der Waals surface area contributed by atoms with Crippen LogP contribution in [-0.2, 0) is 10.0 Å². The van der Waals surface area contributed by atoms with E-state index in [2.05, 4.69) is 6.58 Å². The van der Waals surface area contributed by atoms with Crippen molar-refractivity contribution in [1.29, 1.82) is 0 Å². The van der Waals surface area contributed by atoms with Gasteiger partial charge < -0.3 is 0 Å². The molecule has 0 saturated heterocycles. The van der Waals surface area contributed by atoms with Crippen molar-refractivity contribution in [1.82, 2.24) is 4.31 Å². The Labute approximate surface area is 62.4 Å². The third kappa shape index (κ3) is 2.11. The molecule has 0 aromatic rings. The second kappa shape index (κ2) is 3.16. The van der Waals surface area contributed by atoms with E-state index in [1.165, 1.54) is 11.4 Å². The van der Waals surface area contributed by atoms with Gasteiger partial charge in [-0.3, -0.25) is 0 Å². The highest BCUT2D eigenvalue weighted by Gasteiger charge is 2.15. The molecule has 0 fully saturated rings. The quantitative estimate of drug-likeness (QED) is 0.617. The molecule has 4 heteroatoms. The normalized spacial score (nSPS) is 12.5. The van der Waals surface area contributed by atoms with Gasteiger partial charge >= 0.3 is 0 Å². The molecule has 0 spiro atoms. The zero-order valence-electron chi connectivity index (χ0n) is 6.53. The van der Waals surface area contributed by atoms with E-state index in [0.717, 1.165) is 5.41 Å². The Morgan fingerprint density at radius 1 is 1.50 bits per heavy atom. The second-order valence-corrected chi connectivity index (χ2v) is 4.26. The SMILES string of the molecule is C=CS(=O)(=O)N(C)C(C)C. The summed E-state index contributed by atoms with van der Waals surface area (Å²) in [5.74, 6) is 0. The molecule has 10 heavy (non-hydrogen) atoms. The summed E-state index contributed by atoms with van der Waals surface area (Å²) in [6.45, 7) is 6.82. The molecule has 0 unspecified atom stereocenters. The molecule has 3 nitrogen and oxygen atoms in total. The first-order chi connectivity index (χ1) is 4.41. The van der Waals surface area contributed by atoms with E-state index in [-0.39, 0.29) is 6.04 Å². The minimum absolute atomic E-state index is 0.0111. The van der Waals surface area contributed by atoms with Gasteiger partial charge in [-0.15, -0.1) is 0 Å². The lowest BCUT2D eigenvalue weighted by Gasteiger charge is -2.17. The molecular formula is C6H13NO2S. The van der Waals surface area contributed by atoms with Gasteiger partial charge in [-0.25, -0.2) is 8.42 Å². The van der Waals surface area contributed by atoms with E-state index in [1.807, 2.05) is 0 Å². The molecule has 0 aliphatic heterocycles. The third-order valence-corrected chi connectivity index (χ3v) is 2.98. The van der Waals surface area contributed by atoms with Gasteiger partial charge in [0.05, 0.1) is 0 Å². The van der Waals surface area contributed by atoms with Gasteiger partial charge in [-0.05, 0) is 13.8 Å². The van der Waals surface area contributed by atoms with Crippen LogP contribution in [0.2, 0.25) is 0 Å². The summed E-state index contributed by atoms with van der Waals surface area (Å²) in [5.41, 5.74) is 0. The van der Waals surface area contributed by atoms with Crippen molar-refractivity contribution in [2.75, 3.05) is 7.05 Å². The smallest absolute Gasteiger partial charge is 0.208 e. The second-order valence-electron chi connectivity index (χ2n) is 2.32. The molecule has 60 valence electrons. The average Bonchev–Trinajstić information content (AvgIpc) is 1.86. The standard InChI is InChI=1S/C6H13NO2S/c1-5-10(8,9)7(4)6(2)3/h5-6H,1H2,2-4H3. The fourth-order valence-corrected chi connectivity index (χ4v) is 1.23. The maximum Gasteiger partial charge on any atom is 0.235 e. The average molecular weight is 163 g/mol. The van der Waals surface area contributed by atoms with Gasteiger partial charge in [0.15, 0.2) is 0 Å². The molecule has 0 N–H and O–H groups in total. The Hall–Kier alpha value is -0.350. The molecule has 0 heterocycles. The van der Waals surface area contributed by atoms with E-state index < -0.39 is 10.0 Å². The largest absolute Gasteiger partial charge is 0.235 e. The highest BCUT2D eigenvalue weighted by Crippen LogP contribution is 2.03. The molecule has 0 rings (SSSR count). The summed E-state index contributed by atoms with van der Waals surface area (Å²) < 4.78 is 23.2. The van der Waals surface area contributed by atoms with Crippen LogP contribution < -0.4 is 0 Å². The molecule has 0 aromatic heterocycles. The first-order valence-electron chi connectivity index (χ1n) is 3.02. The predicted octanol–water partition coefficient (Wildman–Crippen LogP) is 0.800. The van der Waals surface area contributed by atoms with Crippen LogP contribution in [0.5, 0.6) is 0 Å². The first kappa shape index (κ1) is 9.65. The Morgan fingerprint density at radius 3 is 2.00 bits per heavy atom. The van der Waals surface area contributed by atoms with Crippen molar-refractivity contribution < 1.29 is 8.42 Å². The summed E-state index contributed by atoms with van der Waals surface area (Å²) in [6, 6.07) is -0.0111. The van der Waals surface area contributed by atoms with Crippen molar-refractivity contribution in [2.24, 2.45) is 0 Å². The lowest BCUT2D eigenvalue weighted by atomic mass is 10.4.